The highest BCUT2D eigenvalue weighted by atomic mass is 19.1. The Morgan fingerprint density at radius 3 is 2.39 bits per heavy atom. The third-order valence-corrected chi connectivity index (χ3v) is 5.20. The van der Waals surface area contributed by atoms with Crippen molar-refractivity contribution in [3.8, 4) is 0 Å². The molecule has 0 fully saturated rings. The maximum atomic E-state index is 14.3. The second-order valence-electron chi connectivity index (χ2n) is 6.90. The van der Waals surface area contributed by atoms with Gasteiger partial charge in [-0.25, -0.2) is 8.78 Å². The summed E-state index contributed by atoms with van der Waals surface area (Å²) in [4.78, 5) is 12.6. The van der Waals surface area contributed by atoms with Crippen molar-refractivity contribution >= 4 is 5.69 Å². The maximum Gasteiger partial charge on any atom is 0.269 e. The van der Waals surface area contributed by atoms with Crippen molar-refractivity contribution in [1.82, 2.24) is 9.47 Å². The molecule has 3 aromatic rings. The van der Waals surface area contributed by atoms with E-state index in [1.807, 2.05) is 23.2 Å². The van der Waals surface area contributed by atoms with Gasteiger partial charge in [-0.05, 0) is 36.2 Å². The Balaban J connectivity index is 1.76. The highest BCUT2D eigenvalue weighted by Gasteiger charge is 2.29. The smallest absolute Gasteiger partial charge is 0.269 e. The molecule has 0 bridgehead atoms. The van der Waals surface area contributed by atoms with Gasteiger partial charge in [0, 0.05) is 49.2 Å². The van der Waals surface area contributed by atoms with Crippen LogP contribution in [0.4, 0.5) is 14.5 Å². The first-order valence-corrected chi connectivity index (χ1v) is 9.11. The van der Waals surface area contributed by atoms with Gasteiger partial charge in [0.2, 0.25) is 0 Å². The molecule has 4 rings (SSSR count). The molecule has 144 valence electrons. The van der Waals surface area contributed by atoms with E-state index in [2.05, 4.69) is 4.57 Å². The first-order chi connectivity index (χ1) is 13.5. The minimum absolute atomic E-state index is 0.0134. The van der Waals surface area contributed by atoms with Crippen molar-refractivity contribution in [1.29, 1.82) is 0 Å². The molecule has 0 N–H and O–H groups in total. The van der Waals surface area contributed by atoms with E-state index in [-0.39, 0.29) is 23.8 Å². The van der Waals surface area contributed by atoms with Gasteiger partial charge >= 0.3 is 0 Å². The Kier molecular flexibility index (Phi) is 4.92. The monoisotopic (exact) mass is 383 g/mol. The first kappa shape index (κ1) is 18.3. The van der Waals surface area contributed by atoms with Crippen molar-refractivity contribution in [2.75, 3.05) is 6.54 Å². The molecule has 5 nitrogen and oxygen atoms in total. The Labute approximate surface area is 161 Å². The number of aromatic nitrogens is 1. The quantitative estimate of drug-likeness (QED) is 0.486. The molecule has 1 aromatic heterocycles. The highest BCUT2D eigenvalue weighted by molar-refractivity contribution is 5.38. The summed E-state index contributed by atoms with van der Waals surface area (Å²) < 4.78 is 30.7. The van der Waals surface area contributed by atoms with Gasteiger partial charge in [-0.3, -0.25) is 15.0 Å². The van der Waals surface area contributed by atoms with Crippen LogP contribution in [0.1, 0.15) is 29.3 Å². The third kappa shape index (κ3) is 3.41. The molecular formula is C21H19F2N3O2. The van der Waals surface area contributed by atoms with E-state index in [1.165, 1.54) is 30.3 Å². The number of aryl methyl sites for hydroxylation is 1. The molecule has 0 saturated heterocycles. The predicted octanol–water partition coefficient (Wildman–Crippen LogP) is 4.67. The van der Waals surface area contributed by atoms with Crippen molar-refractivity contribution < 1.29 is 13.7 Å². The summed E-state index contributed by atoms with van der Waals surface area (Å²) in [5.74, 6) is -1.14. The van der Waals surface area contributed by atoms with E-state index < -0.39 is 16.6 Å². The summed E-state index contributed by atoms with van der Waals surface area (Å²) >= 11 is 0. The summed E-state index contributed by atoms with van der Waals surface area (Å²) in [5.41, 5.74) is 1.90. The number of nitro benzene ring substituents is 1. The summed E-state index contributed by atoms with van der Waals surface area (Å²) in [7, 11) is 0. The Morgan fingerprint density at radius 1 is 1.00 bits per heavy atom. The number of nitro groups is 1. The van der Waals surface area contributed by atoms with Crippen molar-refractivity contribution in [3.05, 3.63) is 99.4 Å². The second-order valence-corrected chi connectivity index (χ2v) is 6.90. The lowest BCUT2D eigenvalue weighted by Gasteiger charge is -2.30. The zero-order valence-corrected chi connectivity index (χ0v) is 15.1. The molecule has 1 aliphatic heterocycles. The van der Waals surface area contributed by atoms with Crippen LogP contribution in [0.2, 0.25) is 0 Å². The summed E-state index contributed by atoms with van der Waals surface area (Å²) in [6.45, 7) is 1.57. The van der Waals surface area contributed by atoms with Crippen LogP contribution in [-0.4, -0.2) is 20.9 Å². The standard InChI is InChI=1S/C21H19F2N3O2/c22-18-4-1-5-19(23)17(18)14-25-13-3-12-24-11-2-6-20(24)21(25)15-7-9-16(10-8-15)26(27)28/h1-2,4-11,21H,3,12-14H2. The number of hydrogen-bond acceptors (Lipinski definition) is 3. The molecule has 1 unspecified atom stereocenters. The predicted molar refractivity (Wildman–Crippen MR) is 101 cm³/mol. The molecule has 2 aromatic carbocycles. The van der Waals surface area contributed by atoms with Crippen LogP contribution in [0.5, 0.6) is 0 Å². The van der Waals surface area contributed by atoms with E-state index in [1.54, 1.807) is 12.1 Å². The first-order valence-electron chi connectivity index (χ1n) is 9.11. The van der Waals surface area contributed by atoms with Crippen LogP contribution in [0.3, 0.4) is 0 Å². The SMILES string of the molecule is O=[N+]([O-])c1ccc(C2c3cccn3CCCN2Cc2c(F)cccc2F)cc1. The van der Waals surface area contributed by atoms with E-state index in [0.717, 1.165) is 24.2 Å². The summed E-state index contributed by atoms with van der Waals surface area (Å²) in [5, 5.41) is 11.0. The molecular weight excluding hydrogens is 364 g/mol. The Hall–Kier alpha value is -3.06. The average molecular weight is 383 g/mol. The molecule has 2 heterocycles. The molecule has 0 radical (unpaired) electrons. The minimum atomic E-state index is -0.568. The third-order valence-electron chi connectivity index (χ3n) is 5.20. The summed E-state index contributed by atoms with van der Waals surface area (Å²) in [6, 6.07) is 13.9. The molecule has 0 saturated carbocycles. The van der Waals surface area contributed by atoms with Crippen LogP contribution < -0.4 is 0 Å². The fourth-order valence-corrected chi connectivity index (χ4v) is 3.86. The van der Waals surface area contributed by atoms with Crippen LogP contribution in [0.15, 0.2) is 60.8 Å². The van der Waals surface area contributed by atoms with Crippen LogP contribution >= 0.6 is 0 Å². The summed E-state index contributed by atoms with van der Waals surface area (Å²) in [6.07, 6.45) is 2.82. The zero-order valence-electron chi connectivity index (χ0n) is 15.1. The largest absolute Gasteiger partial charge is 0.350 e. The van der Waals surface area contributed by atoms with Gasteiger partial charge in [-0.2, -0.15) is 0 Å². The average Bonchev–Trinajstić information content (AvgIpc) is 3.06. The molecule has 0 aliphatic carbocycles. The number of non-ortho nitro benzene ring substituents is 1. The lowest BCUT2D eigenvalue weighted by molar-refractivity contribution is -0.384. The van der Waals surface area contributed by atoms with E-state index >= 15 is 0 Å². The van der Waals surface area contributed by atoms with E-state index in [9.17, 15) is 18.9 Å². The lowest BCUT2D eigenvalue weighted by atomic mass is 10.0. The van der Waals surface area contributed by atoms with E-state index in [4.69, 9.17) is 0 Å². The molecule has 1 atom stereocenters. The fourth-order valence-electron chi connectivity index (χ4n) is 3.86. The van der Waals surface area contributed by atoms with Gasteiger partial charge in [0.25, 0.3) is 5.69 Å². The zero-order chi connectivity index (χ0) is 19.7. The second kappa shape index (κ2) is 7.52. The van der Waals surface area contributed by atoms with Crippen molar-refractivity contribution in [2.24, 2.45) is 0 Å². The minimum Gasteiger partial charge on any atom is -0.350 e. The molecule has 0 amide bonds. The number of nitrogens with zero attached hydrogens (tertiary/aromatic N) is 3. The van der Waals surface area contributed by atoms with Gasteiger partial charge < -0.3 is 4.57 Å². The molecule has 7 heteroatoms. The Morgan fingerprint density at radius 2 is 1.71 bits per heavy atom. The van der Waals surface area contributed by atoms with Crippen LogP contribution in [0.25, 0.3) is 0 Å². The number of hydrogen-bond donors (Lipinski definition) is 0. The maximum absolute atomic E-state index is 14.3. The fraction of sp³-hybridized carbons (Fsp3) is 0.238. The van der Waals surface area contributed by atoms with Crippen LogP contribution in [0, 0.1) is 21.7 Å². The van der Waals surface area contributed by atoms with Crippen LogP contribution in [-0.2, 0) is 13.1 Å². The van der Waals surface area contributed by atoms with Crippen molar-refractivity contribution in [2.45, 2.75) is 25.6 Å². The van der Waals surface area contributed by atoms with Gasteiger partial charge in [0.15, 0.2) is 0 Å². The topological polar surface area (TPSA) is 51.3 Å². The van der Waals surface area contributed by atoms with Gasteiger partial charge in [0.1, 0.15) is 11.6 Å². The normalized spacial score (nSPS) is 17.1. The number of rotatable bonds is 4. The number of fused-ring (bicyclic) bond motifs is 1. The molecule has 0 spiro atoms. The van der Waals surface area contributed by atoms with Gasteiger partial charge in [0.05, 0.1) is 11.0 Å². The molecule has 1 aliphatic rings. The number of benzene rings is 2. The highest BCUT2D eigenvalue weighted by Crippen LogP contribution is 2.34. The molecule has 28 heavy (non-hydrogen) atoms. The number of halogens is 2. The van der Waals surface area contributed by atoms with E-state index in [0.29, 0.717) is 6.54 Å². The van der Waals surface area contributed by atoms with Crippen molar-refractivity contribution in [3.63, 3.8) is 0 Å². The lowest BCUT2D eigenvalue weighted by Crippen LogP contribution is -2.30. The Bertz CT molecular complexity index is 981. The van der Waals surface area contributed by atoms with Gasteiger partial charge in [-0.15, -0.1) is 0 Å². The van der Waals surface area contributed by atoms with Gasteiger partial charge in [-0.1, -0.05) is 18.2 Å².